The van der Waals surface area contributed by atoms with Crippen LogP contribution in [0.2, 0.25) is 0 Å². The van der Waals surface area contributed by atoms with Gasteiger partial charge in [-0.3, -0.25) is 4.79 Å². The number of hydrogen-bond donors (Lipinski definition) is 2. The maximum absolute atomic E-state index is 11.8. The molecule has 4 nitrogen and oxygen atoms in total. The van der Waals surface area contributed by atoms with E-state index in [0.29, 0.717) is 5.92 Å². The van der Waals surface area contributed by atoms with E-state index in [-0.39, 0.29) is 17.2 Å². The lowest BCUT2D eigenvalue weighted by molar-refractivity contribution is -0.127. The Balaban J connectivity index is 1.78. The monoisotopic (exact) mass is 239 g/mol. The molecule has 0 radical (unpaired) electrons. The van der Waals surface area contributed by atoms with Gasteiger partial charge in [0.15, 0.2) is 0 Å². The van der Waals surface area contributed by atoms with Gasteiger partial charge in [-0.1, -0.05) is 13.8 Å². The Morgan fingerprint density at radius 2 is 2.18 bits per heavy atom. The highest BCUT2D eigenvalue weighted by Crippen LogP contribution is 2.33. The third-order valence-electron chi connectivity index (χ3n) is 4.37. The average Bonchev–Trinajstić information content (AvgIpc) is 2.60. The zero-order valence-corrected chi connectivity index (χ0v) is 11.3. The molecule has 1 amide bonds. The molecule has 2 heterocycles. The Morgan fingerprint density at radius 1 is 1.47 bits per heavy atom. The van der Waals surface area contributed by atoms with Gasteiger partial charge >= 0.3 is 0 Å². The van der Waals surface area contributed by atoms with E-state index in [1.807, 2.05) is 0 Å². The smallest absolute Gasteiger partial charge is 0.225 e. The summed E-state index contributed by atoms with van der Waals surface area (Å²) in [6, 6.07) is 0. The second-order valence-corrected chi connectivity index (χ2v) is 6.31. The van der Waals surface area contributed by atoms with Crippen molar-refractivity contribution < 1.29 is 4.79 Å². The van der Waals surface area contributed by atoms with Gasteiger partial charge in [0.25, 0.3) is 0 Å². The summed E-state index contributed by atoms with van der Waals surface area (Å²) in [5, 5.41) is 6.25. The molecule has 2 saturated heterocycles. The Hall–Kier alpha value is -0.610. The van der Waals surface area contributed by atoms with Crippen LogP contribution in [0.1, 0.15) is 20.3 Å². The maximum Gasteiger partial charge on any atom is 0.225 e. The second kappa shape index (κ2) is 4.94. The minimum absolute atomic E-state index is 0.206. The van der Waals surface area contributed by atoms with Gasteiger partial charge in [-0.15, -0.1) is 0 Å². The molecular formula is C13H25N3O. The van der Waals surface area contributed by atoms with Crippen LogP contribution in [0.3, 0.4) is 0 Å². The van der Waals surface area contributed by atoms with Gasteiger partial charge in [-0.05, 0) is 31.3 Å². The largest absolute Gasteiger partial charge is 0.355 e. The van der Waals surface area contributed by atoms with E-state index >= 15 is 0 Å². The minimum atomic E-state index is 0.206. The molecule has 0 aromatic heterocycles. The first-order valence-electron chi connectivity index (χ1n) is 6.66. The molecule has 17 heavy (non-hydrogen) atoms. The number of nitrogens with one attached hydrogen (secondary N) is 2. The number of rotatable bonds is 4. The van der Waals surface area contributed by atoms with Crippen LogP contribution in [0, 0.1) is 17.3 Å². The van der Waals surface area contributed by atoms with E-state index in [1.165, 1.54) is 13.0 Å². The van der Waals surface area contributed by atoms with Crippen molar-refractivity contribution in [2.24, 2.45) is 17.3 Å². The standard InChI is InChI=1S/C13H25N3O/c1-13(2,11-4-5-16(3)8-11)9-15-12(17)10-6-14-7-10/h10-11,14H,4-9H2,1-3H3,(H,15,17). The molecule has 2 aliphatic heterocycles. The molecule has 1 unspecified atom stereocenters. The first kappa shape index (κ1) is 12.8. The van der Waals surface area contributed by atoms with Gasteiger partial charge in [-0.2, -0.15) is 0 Å². The van der Waals surface area contributed by atoms with Crippen molar-refractivity contribution in [3.63, 3.8) is 0 Å². The van der Waals surface area contributed by atoms with E-state index < -0.39 is 0 Å². The van der Waals surface area contributed by atoms with E-state index in [9.17, 15) is 4.79 Å². The van der Waals surface area contributed by atoms with E-state index in [0.717, 1.165) is 26.2 Å². The van der Waals surface area contributed by atoms with Crippen LogP contribution in [0.15, 0.2) is 0 Å². The Kier molecular flexibility index (Phi) is 3.73. The summed E-state index contributed by atoms with van der Waals surface area (Å²) in [5.74, 6) is 1.13. The fraction of sp³-hybridized carbons (Fsp3) is 0.923. The van der Waals surface area contributed by atoms with Crippen LogP contribution in [0.4, 0.5) is 0 Å². The summed E-state index contributed by atoms with van der Waals surface area (Å²) in [6.07, 6.45) is 1.25. The fourth-order valence-corrected chi connectivity index (χ4v) is 2.65. The topological polar surface area (TPSA) is 44.4 Å². The number of hydrogen-bond acceptors (Lipinski definition) is 3. The highest BCUT2D eigenvalue weighted by Gasteiger charge is 2.35. The lowest BCUT2D eigenvalue weighted by atomic mass is 9.78. The summed E-state index contributed by atoms with van der Waals surface area (Å²) in [6.45, 7) is 9.40. The minimum Gasteiger partial charge on any atom is -0.355 e. The molecule has 2 N–H and O–H groups in total. The molecular weight excluding hydrogens is 214 g/mol. The normalized spacial score (nSPS) is 26.9. The van der Waals surface area contributed by atoms with Gasteiger partial charge in [0.2, 0.25) is 5.91 Å². The van der Waals surface area contributed by atoms with E-state index in [2.05, 4.69) is 36.4 Å². The van der Waals surface area contributed by atoms with Crippen LogP contribution in [0.5, 0.6) is 0 Å². The van der Waals surface area contributed by atoms with Crippen LogP contribution >= 0.6 is 0 Å². The number of carbonyl (C=O) groups excluding carboxylic acids is 1. The summed E-state index contributed by atoms with van der Waals surface area (Å²) in [4.78, 5) is 14.2. The van der Waals surface area contributed by atoms with Crippen molar-refractivity contribution in [3.05, 3.63) is 0 Å². The predicted octanol–water partition coefficient (Wildman–Crippen LogP) is 0.300. The fourth-order valence-electron chi connectivity index (χ4n) is 2.65. The Bertz CT molecular complexity index is 286. The number of carbonyl (C=O) groups is 1. The van der Waals surface area contributed by atoms with E-state index in [4.69, 9.17) is 0 Å². The molecule has 0 saturated carbocycles. The Labute approximate surface area is 104 Å². The lowest BCUT2D eigenvalue weighted by Gasteiger charge is -2.33. The van der Waals surface area contributed by atoms with Crippen LogP contribution in [0.25, 0.3) is 0 Å². The molecule has 2 rings (SSSR count). The first-order chi connectivity index (χ1) is 7.99. The van der Waals surface area contributed by atoms with Crippen LogP contribution in [-0.4, -0.2) is 50.6 Å². The first-order valence-corrected chi connectivity index (χ1v) is 6.66. The van der Waals surface area contributed by atoms with Crippen molar-refractivity contribution >= 4 is 5.91 Å². The number of likely N-dealkylation sites (tertiary alicyclic amines) is 1. The van der Waals surface area contributed by atoms with Crippen molar-refractivity contribution in [1.29, 1.82) is 0 Å². The molecule has 4 heteroatoms. The summed E-state index contributed by atoms with van der Waals surface area (Å²) in [5.41, 5.74) is 0.206. The zero-order chi connectivity index (χ0) is 12.5. The van der Waals surface area contributed by atoms with Crippen LogP contribution < -0.4 is 10.6 Å². The van der Waals surface area contributed by atoms with Gasteiger partial charge in [0, 0.05) is 26.2 Å². The SMILES string of the molecule is CN1CCC(C(C)(C)CNC(=O)C2CNC2)C1. The molecule has 2 fully saturated rings. The highest BCUT2D eigenvalue weighted by atomic mass is 16.2. The molecule has 1 atom stereocenters. The Morgan fingerprint density at radius 3 is 2.65 bits per heavy atom. The molecule has 0 spiro atoms. The second-order valence-electron chi connectivity index (χ2n) is 6.31. The zero-order valence-electron chi connectivity index (χ0n) is 11.3. The van der Waals surface area contributed by atoms with Gasteiger partial charge in [0.1, 0.15) is 0 Å². The van der Waals surface area contributed by atoms with E-state index in [1.54, 1.807) is 0 Å². The molecule has 98 valence electrons. The van der Waals surface area contributed by atoms with Crippen molar-refractivity contribution in [1.82, 2.24) is 15.5 Å². The molecule has 0 aromatic rings. The lowest BCUT2D eigenvalue weighted by Crippen LogP contribution is -2.52. The number of nitrogens with zero attached hydrogens (tertiary/aromatic N) is 1. The van der Waals surface area contributed by atoms with Crippen molar-refractivity contribution in [3.8, 4) is 0 Å². The van der Waals surface area contributed by atoms with Crippen LogP contribution in [-0.2, 0) is 4.79 Å². The summed E-state index contributed by atoms with van der Waals surface area (Å²) >= 11 is 0. The quantitative estimate of drug-likeness (QED) is 0.741. The van der Waals surface area contributed by atoms with Crippen molar-refractivity contribution in [2.45, 2.75) is 20.3 Å². The van der Waals surface area contributed by atoms with Gasteiger partial charge < -0.3 is 15.5 Å². The predicted molar refractivity (Wildman–Crippen MR) is 68.8 cm³/mol. The van der Waals surface area contributed by atoms with Crippen molar-refractivity contribution in [2.75, 3.05) is 39.8 Å². The average molecular weight is 239 g/mol. The third-order valence-corrected chi connectivity index (χ3v) is 4.37. The molecule has 0 bridgehead atoms. The number of amides is 1. The third kappa shape index (κ3) is 2.99. The summed E-state index contributed by atoms with van der Waals surface area (Å²) in [7, 11) is 2.18. The molecule has 0 aromatic carbocycles. The van der Waals surface area contributed by atoms with Gasteiger partial charge in [0.05, 0.1) is 5.92 Å². The molecule has 0 aliphatic carbocycles. The molecule has 2 aliphatic rings. The van der Waals surface area contributed by atoms with Gasteiger partial charge in [-0.25, -0.2) is 0 Å². The highest BCUT2D eigenvalue weighted by molar-refractivity contribution is 5.80. The maximum atomic E-state index is 11.8. The summed E-state index contributed by atoms with van der Waals surface area (Å²) < 4.78 is 0.